The van der Waals surface area contributed by atoms with Crippen molar-refractivity contribution in [1.29, 1.82) is 0 Å². The van der Waals surface area contributed by atoms with Gasteiger partial charge in [-0.05, 0) is 48.4 Å². The third-order valence-corrected chi connectivity index (χ3v) is 5.64. The maximum Gasteiger partial charge on any atom is 0.335 e. The van der Waals surface area contributed by atoms with Gasteiger partial charge in [-0.1, -0.05) is 36.4 Å². The van der Waals surface area contributed by atoms with E-state index in [0.717, 1.165) is 17.7 Å². The minimum absolute atomic E-state index is 0.162. The molecule has 0 radical (unpaired) electrons. The Morgan fingerprint density at radius 3 is 2.29 bits per heavy atom. The van der Waals surface area contributed by atoms with Crippen LogP contribution in [0, 0.1) is 0 Å². The Bertz CT molecular complexity index is 1300. The van der Waals surface area contributed by atoms with Crippen molar-refractivity contribution < 1.29 is 24.1 Å². The van der Waals surface area contributed by atoms with Crippen molar-refractivity contribution in [2.75, 3.05) is 21.3 Å². The second-order valence-corrected chi connectivity index (χ2v) is 7.63. The third-order valence-electron chi connectivity index (χ3n) is 5.64. The second-order valence-electron chi connectivity index (χ2n) is 7.63. The molecule has 0 spiro atoms. The second kappa shape index (κ2) is 10.1. The van der Waals surface area contributed by atoms with Crippen LogP contribution in [0.25, 0.3) is 22.5 Å². The molecule has 174 valence electrons. The highest BCUT2D eigenvalue weighted by molar-refractivity contribution is 5.90. The number of hydrogen-bond acceptors (Lipinski definition) is 5. The molecule has 7 nitrogen and oxygen atoms in total. The number of methoxy groups -OCH3 is 3. The number of carboxylic acids is 1. The number of aromatic carboxylic acids is 1. The molecule has 4 rings (SSSR count). The summed E-state index contributed by atoms with van der Waals surface area (Å²) in [5.74, 6) is 0.746. The van der Waals surface area contributed by atoms with Crippen molar-refractivity contribution in [3.63, 3.8) is 0 Å². The first kappa shape index (κ1) is 22.9. The van der Waals surface area contributed by atoms with Gasteiger partial charge in [-0.25, -0.2) is 4.79 Å². The highest BCUT2D eigenvalue weighted by Crippen LogP contribution is 2.40. The number of aromatic nitrogens is 2. The first-order valence-electron chi connectivity index (χ1n) is 10.8. The predicted octanol–water partition coefficient (Wildman–Crippen LogP) is 5.18. The first-order chi connectivity index (χ1) is 16.5. The van der Waals surface area contributed by atoms with E-state index in [0.29, 0.717) is 35.1 Å². The molecule has 0 aliphatic carbocycles. The minimum Gasteiger partial charge on any atom is -0.496 e. The fraction of sp³-hybridized carbons (Fsp3) is 0.185. The predicted molar refractivity (Wildman–Crippen MR) is 130 cm³/mol. The van der Waals surface area contributed by atoms with E-state index in [1.807, 2.05) is 47.1 Å². The van der Waals surface area contributed by atoms with Crippen molar-refractivity contribution in [3.05, 3.63) is 83.9 Å². The molecule has 0 unspecified atom stereocenters. The van der Waals surface area contributed by atoms with Gasteiger partial charge in [0.2, 0.25) is 0 Å². The van der Waals surface area contributed by atoms with Crippen LogP contribution in [0.2, 0.25) is 0 Å². The van der Waals surface area contributed by atoms with Crippen LogP contribution in [0.4, 0.5) is 0 Å². The van der Waals surface area contributed by atoms with E-state index in [1.54, 1.807) is 33.5 Å². The average molecular weight is 459 g/mol. The Labute approximate surface area is 198 Å². The zero-order chi connectivity index (χ0) is 24.1. The van der Waals surface area contributed by atoms with E-state index in [9.17, 15) is 9.90 Å². The van der Waals surface area contributed by atoms with Gasteiger partial charge in [-0.2, -0.15) is 5.10 Å². The topological polar surface area (TPSA) is 82.8 Å². The van der Waals surface area contributed by atoms with Gasteiger partial charge >= 0.3 is 5.97 Å². The van der Waals surface area contributed by atoms with Crippen LogP contribution in [-0.4, -0.2) is 42.2 Å². The number of rotatable bonds is 9. The molecule has 0 aliphatic heterocycles. The number of hydrogen-bond donors (Lipinski definition) is 1. The summed E-state index contributed by atoms with van der Waals surface area (Å²) < 4.78 is 18.6. The Balaban J connectivity index is 1.86. The zero-order valence-electron chi connectivity index (χ0n) is 19.3. The van der Waals surface area contributed by atoms with Gasteiger partial charge in [0.25, 0.3) is 0 Å². The molecule has 1 aromatic heterocycles. The van der Waals surface area contributed by atoms with Gasteiger partial charge in [0.15, 0.2) is 11.5 Å². The lowest BCUT2D eigenvalue weighted by atomic mass is 10.0. The number of aryl methyl sites for hydroxylation is 2. The van der Waals surface area contributed by atoms with Crippen LogP contribution in [-0.2, 0) is 13.0 Å². The summed E-state index contributed by atoms with van der Waals surface area (Å²) in [7, 11) is 4.76. The van der Waals surface area contributed by atoms with Crippen molar-refractivity contribution in [3.8, 4) is 39.8 Å². The molecule has 0 aliphatic rings. The Kier molecular flexibility index (Phi) is 6.82. The smallest absolute Gasteiger partial charge is 0.335 e. The molecule has 1 heterocycles. The third kappa shape index (κ3) is 4.59. The number of benzene rings is 3. The van der Waals surface area contributed by atoms with Crippen molar-refractivity contribution >= 4 is 5.97 Å². The Hall–Kier alpha value is -4.26. The molecule has 7 heteroatoms. The van der Waals surface area contributed by atoms with Gasteiger partial charge in [0.05, 0.1) is 38.3 Å². The fourth-order valence-electron chi connectivity index (χ4n) is 3.95. The molecule has 3 aromatic carbocycles. The molecule has 0 fully saturated rings. The summed E-state index contributed by atoms with van der Waals surface area (Å²) in [5.41, 5.74) is 4.20. The van der Waals surface area contributed by atoms with Crippen LogP contribution < -0.4 is 14.2 Å². The number of ether oxygens (including phenoxy) is 3. The van der Waals surface area contributed by atoms with E-state index in [1.165, 1.54) is 11.6 Å². The highest BCUT2D eigenvalue weighted by atomic mass is 16.5. The van der Waals surface area contributed by atoms with Gasteiger partial charge in [0.1, 0.15) is 5.75 Å². The molecule has 34 heavy (non-hydrogen) atoms. The van der Waals surface area contributed by atoms with E-state index < -0.39 is 5.97 Å². The van der Waals surface area contributed by atoms with Gasteiger partial charge in [-0.15, -0.1) is 0 Å². The van der Waals surface area contributed by atoms with Crippen LogP contribution in [0.5, 0.6) is 17.2 Å². The van der Waals surface area contributed by atoms with Crippen LogP contribution in [0.15, 0.2) is 72.8 Å². The fourth-order valence-corrected chi connectivity index (χ4v) is 3.95. The lowest BCUT2D eigenvalue weighted by Gasteiger charge is -2.14. The summed E-state index contributed by atoms with van der Waals surface area (Å²) in [6.07, 6.45) is 0.771. The summed E-state index contributed by atoms with van der Waals surface area (Å²) in [6, 6.07) is 22.5. The van der Waals surface area contributed by atoms with Crippen LogP contribution >= 0.6 is 0 Å². The quantitative estimate of drug-likeness (QED) is 0.372. The number of nitrogens with zero attached hydrogens (tertiary/aromatic N) is 2. The molecule has 0 saturated carbocycles. The summed E-state index contributed by atoms with van der Waals surface area (Å²) in [6.45, 7) is 0.612. The number of carbonyl (C=O) groups is 1. The lowest BCUT2D eigenvalue weighted by Crippen LogP contribution is -2.06. The maximum absolute atomic E-state index is 11.6. The first-order valence-corrected chi connectivity index (χ1v) is 10.8. The van der Waals surface area contributed by atoms with E-state index in [-0.39, 0.29) is 5.56 Å². The lowest BCUT2D eigenvalue weighted by molar-refractivity contribution is 0.0697. The van der Waals surface area contributed by atoms with Gasteiger partial charge < -0.3 is 19.3 Å². The minimum atomic E-state index is -1.01. The standard InChI is InChI=1S/C27H26N2O5/c1-32-24-13-12-19(27(30)31)16-21(24)22-17-23(20-10-7-11-25(33-2)26(20)34-3)29(28-22)15-14-18-8-5-4-6-9-18/h4-13,16-17H,14-15H2,1-3H3,(H,30,31). The molecule has 0 amide bonds. The maximum atomic E-state index is 11.6. The molecule has 1 N–H and O–H groups in total. The number of carboxylic acid groups (broad SMARTS) is 1. The number of para-hydroxylation sites is 1. The van der Waals surface area contributed by atoms with Crippen molar-refractivity contribution in [2.45, 2.75) is 13.0 Å². The largest absolute Gasteiger partial charge is 0.496 e. The molecule has 0 atom stereocenters. The van der Waals surface area contributed by atoms with Gasteiger partial charge in [0, 0.05) is 17.7 Å². The van der Waals surface area contributed by atoms with E-state index in [2.05, 4.69) is 12.1 Å². The average Bonchev–Trinajstić information content (AvgIpc) is 3.30. The van der Waals surface area contributed by atoms with Crippen molar-refractivity contribution in [1.82, 2.24) is 9.78 Å². The monoisotopic (exact) mass is 458 g/mol. The Morgan fingerprint density at radius 1 is 0.853 bits per heavy atom. The molecular formula is C27H26N2O5. The van der Waals surface area contributed by atoms with Gasteiger partial charge in [-0.3, -0.25) is 4.68 Å². The molecular weight excluding hydrogens is 432 g/mol. The Morgan fingerprint density at radius 2 is 1.62 bits per heavy atom. The van der Waals surface area contributed by atoms with E-state index in [4.69, 9.17) is 19.3 Å². The van der Waals surface area contributed by atoms with E-state index >= 15 is 0 Å². The van der Waals surface area contributed by atoms with Crippen LogP contribution in [0.3, 0.4) is 0 Å². The summed E-state index contributed by atoms with van der Waals surface area (Å²) in [5, 5.41) is 14.4. The SMILES string of the molecule is COc1ccc(C(=O)O)cc1-c1cc(-c2cccc(OC)c2OC)n(CCc2ccccc2)n1. The zero-order valence-corrected chi connectivity index (χ0v) is 19.3. The summed E-state index contributed by atoms with van der Waals surface area (Å²) >= 11 is 0. The molecule has 0 bridgehead atoms. The van der Waals surface area contributed by atoms with Crippen molar-refractivity contribution in [2.24, 2.45) is 0 Å². The summed E-state index contributed by atoms with van der Waals surface area (Å²) in [4.78, 5) is 11.6. The molecule has 0 saturated heterocycles. The molecule has 4 aromatic rings. The highest BCUT2D eigenvalue weighted by Gasteiger charge is 2.20. The normalized spacial score (nSPS) is 10.7. The van der Waals surface area contributed by atoms with Crippen LogP contribution in [0.1, 0.15) is 15.9 Å².